The van der Waals surface area contributed by atoms with Crippen LogP contribution in [-0.2, 0) is 13.0 Å². The van der Waals surface area contributed by atoms with Crippen LogP contribution in [-0.4, -0.2) is 32.0 Å². The van der Waals surface area contributed by atoms with Crippen molar-refractivity contribution >= 4 is 17.6 Å². The molecule has 2 N–H and O–H groups in total. The number of carbonyl (C=O) groups is 1. The van der Waals surface area contributed by atoms with Crippen LogP contribution in [0.25, 0.3) is 0 Å². The van der Waals surface area contributed by atoms with Gasteiger partial charge in [0.1, 0.15) is 0 Å². The van der Waals surface area contributed by atoms with Gasteiger partial charge < -0.3 is 15.5 Å². The third kappa shape index (κ3) is 3.82. The Morgan fingerprint density at radius 3 is 2.64 bits per heavy atom. The molecule has 25 heavy (non-hydrogen) atoms. The van der Waals surface area contributed by atoms with Gasteiger partial charge in [-0.25, -0.2) is 4.99 Å². The Morgan fingerprint density at radius 2 is 1.92 bits per heavy atom. The predicted molar refractivity (Wildman–Crippen MR) is 102 cm³/mol. The summed E-state index contributed by atoms with van der Waals surface area (Å²) >= 11 is 0. The lowest BCUT2D eigenvalue weighted by Crippen LogP contribution is -2.40. The van der Waals surface area contributed by atoms with Crippen molar-refractivity contribution in [1.82, 2.24) is 10.6 Å². The fourth-order valence-corrected chi connectivity index (χ4v) is 3.03. The van der Waals surface area contributed by atoms with Crippen molar-refractivity contribution in [3.63, 3.8) is 0 Å². The van der Waals surface area contributed by atoms with E-state index in [9.17, 15) is 4.79 Å². The zero-order chi connectivity index (χ0) is 17.6. The van der Waals surface area contributed by atoms with Gasteiger partial charge >= 0.3 is 0 Å². The summed E-state index contributed by atoms with van der Waals surface area (Å²) in [5, 5.41) is 6.02. The Morgan fingerprint density at radius 1 is 1.16 bits per heavy atom. The smallest absolute Gasteiger partial charge is 0.251 e. The van der Waals surface area contributed by atoms with Crippen LogP contribution in [0.1, 0.15) is 28.4 Å². The topological polar surface area (TPSA) is 56.7 Å². The van der Waals surface area contributed by atoms with Gasteiger partial charge in [-0.1, -0.05) is 30.3 Å². The monoisotopic (exact) mass is 336 g/mol. The van der Waals surface area contributed by atoms with Gasteiger partial charge in [-0.3, -0.25) is 4.79 Å². The molecule has 2 aromatic carbocycles. The summed E-state index contributed by atoms with van der Waals surface area (Å²) in [5.41, 5.74) is 4.34. The summed E-state index contributed by atoms with van der Waals surface area (Å²) in [7, 11) is 1.64. The molecule has 1 aliphatic heterocycles. The second-order valence-electron chi connectivity index (χ2n) is 5.98. The van der Waals surface area contributed by atoms with Crippen molar-refractivity contribution in [1.29, 1.82) is 0 Å². The molecule has 0 fully saturated rings. The Balaban J connectivity index is 1.76. The minimum atomic E-state index is -0.0722. The van der Waals surface area contributed by atoms with Gasteiger partial charge in [-0.15, -0.1) is 0 Å². The van der Waals surface area contributed by atoms with E-state index in [1.807, 2.05) is 24.3 Å². The number of hydrogen-bond donors (Lipinski definition) is 2. The maximum absolute atomic E-state index is 11.6. The SMILES string of the molecule is CCNC(=NCc1ccc(C(=O)NC)cc1)N1CCc2ccccc21. The second-order valence-corrected chi connectivity index (χ2v) is 5.98. The van der Waals surface area contributed by atoms with E-state index in [4.69, 9.17) is 4.99 Å². The molecule has 0 spiro atoms. The molecule has 1 amide bonds. The van der Waals surface area contributed by atoms with Crippen molar-refractivity contribution in [3.8, 4) is 0 Å². The highest BCUT2D eigenvalue weighted by Crippen LogP contribution is 2.27. The highest BCUT2D eigenvalue weighted by atomic mass is 16.1. The van der Waals surface area contributed by atoms with Gasteiger partial charge in [-0.05, 0) is 42.7 Å². The normalized spacial score (nSPS) is 13.5. The lowest BCUT2D eigenvalue weighted by atomic mass is 10.1. The lowest BCUT2D eigenvalue weighted by Gasteiger charge is -2.22. The number of nitrogens with one attached hydrogen (secondary N) is 2. The molecule has 1 heterocycles. The average molecular weight is 336 g/mol. The number of hydrogen-bond acceptors (Lipinski definition) is 2. The zero-order valence-electron chi connectivity index (χ0n) is 14.7. The van der Waals surface area contributed by atoms with Crippen LogP contribution in [0, 0.1) is 0 Å². The molecule has 1 aliphatic rings. The minimum Gasteiger partial charge on any atom is -0.356 e. The van der Waals surface area contributed by atoms with E-state index in [1.54, 1.807) is 7.05 Å². The molecular weight excluding hydrogens is 312 g/mol. The molecule has 3 rings (SSSR count). The summed E-state index contributed by atoms with van der Waals surface area (Å²) < 4.78 is 0. The highest BCUT2D eigenvalue weighted by molar-refractivity contribution is 5.98. The van der Waals surface area contributed by atoms with Gasteiger partial charge in [0.15, 0.2) is 5.96 Å². The molecule has 0 saturated heterocycles. The number of fused-ring (bicyclic) bond motifs is 1. The number of anilines is 1. The second kappa shape index (κ2) is 7.83. The summed E-state index contributed by atoms with van der Waals surface area (Å²) in [6, 6.07) is 16.1. The van der Waals surface area contributed by atoms with Crippen molar-refractivity contribution in [2.45, 2.75) is 19.9 Å². The first-order valence-electron chi connectivity index (χ1n) is 8.67. The number of nitrogens with zero attached hydrogens (tertiary/aromatic N) is 2. The van der Waals surface area contributed by atoms with Crippen LogP contribution >= 0.6 is 0 Å². The summed E-state index contributed by atoms with van der Waals surface area (Å²) in [6.45, 7) is 4.43. The fourth-order valence-electron chi connectivity index (χ4n) is 3.03. The molecule has 130 valence electrons. The van der Waals surface area contributed by atoms with E-state index in [1.165, 1.54) is 11.3 Å². The van der Waals surface area contributed by atoms with E-state index in [0.717, 1.165) is 31.0 Å². The van der Waals surface area contributed by atoms with Crippen molar-refractivity contribution < 1.29 is 4.79 Å². The van der Waals surface area contributed by atoms with Crippen molar-refractivity contribution in [2.24, 2.45) is 4.99 Å². The molecule has 0 aromatic heterocycles. The Bertz CT molecular complexity index is 768. The Kier molecular flexibility index (Phi) is 5.33. The van der Waals surface area contributed by atoms with Crippen molar-refractivity contribution in [2.75, 3.05) is 25.0 Å². The highest BCUT2D eigenvalue weighted by Gasteiger charge is 2.22. The van der Waals surface area contributed by atoms with E-state index in [-0.39, 0.29) is 5.91 Å². The number of amides is 1. The molecule has 0 bridgehead atoms. The van der Waals surface area contributed by atoms with Gasteiger partial charge in [0, 0.05) is 31.4 Å². The van der Waals surface area contributed by atoms with Crippen LogP contribution in [0.2, 0.25) is 0 Å². The van der Waals surface area contributed by atoms with Crippen LogP contribution in [0.4, 0.5) is 5.69 Å². The first-order chi connectivity index (χ1) is 12.2. The predicted octanol–water partition coefficient (Wildman–Crippen LogP) is 2.57. The summed E-state index contributed by atoms with van der Waals surface area (Å²) in [4.78, 5) is 18.6. The van der Waals surface area contributed by atoms with Crippen LogP contribution in [0.15, 0.2) is 53.5 Å². The number of para-hydroxylation sites is 1. The van der Waals surface area contributed by atoms with Gasteiger partial charge in [-0.2, -0.15) is 0 Å². The molecule has 2 aromatic rings. The average Bonchev–Trinajstić information content (AvgIpc) is 3.09. The molecule has 0 radical (unpaired) electrons. The van der Waals surface area contributed by atoms with Crippen LogP contribution < -0.4 is 15.5 Å². The summed E-state index contributed by atoms with van der Waals surface area (Å²) in [5.74, 6) is 0.833. The van der Waals surface area contributed by atoms with Crippen LogP contribution in [0.3, 0.4) is 0 Å². The van der Waals surface area contributed by atoms with E-state index in [2.05, 4.69) is 46.7 Å². The Hall–Kier alpha value is -2.82. The zero-order valence-corrected chi connectivity index (χ0v) is 14.7. The number of aliphatic imine (C=N–C) groups is 1. The van der Waals surface area contributed by atoms with Crippen molar-refractivity contribution in [3.05, 3.63) is 65.2 Å². The molecule has 5 heteroatoms. The van der Waals surface area contributed by atoms with E-state index < -0.39 is 0 Å². The van der Waals surface area contributed by atoms with E-state index >= 15 is 0 Å². The molecule has 0 unspecified atom stereocenters. The lowest BCUT2D eigenvalue weighted by molar-refractivity contribution is 0.0963. The third-order valence-electron chi connectivity index (χ3n) is 4.33. The van der Waals surface area contributed by atoms with Gasteiger partial charge in [0.25, 0.3) is 5.91 Å². The molecule has 0 atom stereocenters. The largest absolute Gasteiger partial charge is 0.356 e. The number of carbonyl (C=O) groups excluding carboxylic acids is 1. The number of guanidine groups is 1. The van der Waals surface area contributed by atoms with E-state index in [0.29, 0.717) is 12.1 Å². The maximum atomic E-state index is 11.6. The molecule has 0 aliphatic carbocycles. The molecule has 0 saturated carbocycles. The molecular formula is C20H24N4O. The Labute approximate surface area is 148 Å². The van der Waals surface area contributed by atoms with Crippen LogP contribution in [0.5, 0.6) is 0 Å². The van der Waals surface area contributed by atoms with Gasteiger partial charge in [0.2, 0.25) is 0 Å². The maximum Gasteiger partial charge on any atom is 0.251 e. The first-order valence-corrected chi connectivity index (χ1v) is 8.67. The number of benzene rings is 2. The standard InChI is InChI=1S/C20H24N4O/c1-3-22-20(24-13-12-16-6-4-5-7-18(16)24)23-14-15-8-10-17(11-9-15)19(25)21-2/h4-11H,3,12-14H2,1-2H3,(H,21,25)(H,22,23). The summed E-state index contributed by atoms with van der Waals surface area (Å²) in [6.07, 6.45) is 1.04. The fraction of sp³-hybridized carbons (Fsp3) is 0.300. The van der Waals surface area contributed by atoms with Gasteiger partial charge in [0.05, 0.1) is 6.54 Å². The minimum absolute atomic E-state index is 0.0722. The molecule has 5 nitrogen and oxygen atoms in total. The third-order valence-corrected chi connectivity index (χ3v) is 4.33. The number of rotatable bonds is 4. The first kappa shape index (κ1) is 17.0. The quantitative estimate of drug-likeness (QED) is 0.666.